The van der Waals surface area contributed by atoms with E-state index in [1.807, 2.05) is 24.4 Å². The van der Waals surface area contributed by atoms with Crippen molar-refractivity contribution in [1.29, 1.82) is 0 Å². The molecule has 6 nitrogen and oxygen atoms in total. The van der Waals surface area contributed by atoms with E-state index in [1.54, 1.807) is 11.8 Å². The highest BCUT2D eigenvalue weighted by atomic mass is 79.9. The Kier molecular flexibility index (Phi) is 5.51. The van der Waals surface area contributed by atoms with Gasteiger partial charge in [0.05, 0.1) is 39.7 Å². The molecule has 1 N–H and O–H groups in total. The molecule has 108 valence electrons. The summed E-state index contributed by atoms with van der Waals surface area (Å²) in [7, 11) is 1.63. The van der Waals surface area contributed by atoms with E-state index in [0.717, 1.165) is 21.5 Å². The van der Waals surface area contributed by atoms with E-state index >= 15 is 0 Å². The molecule has 1 heterocycles. The smallest absolute Gasteiger partial charge is 0.120 e. The normalized spacial score (nSPS) is 10.8. The van der Waals surface area contributed by atoms with E-state index < -0.39 is 0 Å². The van der Waals surface area contributed by atoms with E-state index in [-0.39, 0.29) is 6.61 Å². The van der Waals surface area contributed by atoms with Crippen LogP contribution < -0.4 is 4.74 Å². The minimum atomic E-state index is 0.0292. The van der Waals surface area contributed by atoms with Crippen molar-refractivity contribution in [2.24, 2.45) is 0 Å². The summed E-state index contributed by atoms with van der Waals surface area (Å²) in [6, 6.07) is 5.70. The number of benzene rings is 1. The summed E-state index contributed by atoms with van der Waals surface area (Å²) < 4.78 is 13.0. The first-order valence-corrected chi connectivity index (χ1v) is 6.96. The molecule has 0 atom stereocenters. The second kappa shape index (κ2) is 7.37. The second-order valence-corrected chi connectivity index (χ2v) is 4.90. The molecule has 0 aliphatic heterocycles. The zero-order valence-electron chi connectivity index (χ0n) is 11.1. The minimum Gasteiger partial charge on any atom is -0.497 e. The Hall–Kier alpha value is -1.44. The molecule has 1 aromatic carbocycles. The number of rotatable bonds is 7. The number of halogens is 1. The Bertz CT molecular complexity index is 560. The Balaban J connectivity index is 2.04. The van der Waals surface area contributed by atoms with Gasteiger partial charge in [-0.1, -0.05) is 5.21 Å². The first-order chi connectivity index (χ1) is 9.74. The van der Waals surface area contributed by atoms with Crippen molar-refractivity contribution >= 4 is 15.9 Å². The maximum Gasteiger partial charge on any atom is 0.120 e. The fourth-order valence-electron chi connectivity index (χ4n) is 1.69. The van der Waals surface area contributed by atoms with Gasteiger partial charge in [0, 0.05) is 10.0 Å². The van der Waals surface area contributed by atoms with Crippen molar-refractivity contribution in [1.82, 2.24) is 15.0 Å². The van der Waals surface area contributed by atoms with Crippen molar-refractivity contribution in [2.75, 3.05) is 26.9 Å². The highest BCUT2D eigenvalue weighted by molar-refractivity contribution is 9.10. The standard InChI is InChI=1S/C13H16BrN3O3/c1-19-10-2-3-11(12(14)8-10)13-9-17(16-15-13)4-6-20-7-5-18/h2-3,8-9,18H,4-7H2,1H3. The van der Waals surface area contributed by atoms with Gasteiger partial charge >= 0.3 is 0 Å². The number of hydrogen-bond acceptors (Lipinski definition) is 5. The summed E-state index contributed by atoms with van der Waals surface area (Å²) in [6.45, 7) is 1.46. The lowest BCUT2D eigenvalue weighted by atomic mass is 10.1. The minimum absolute atomic E-state index is 0.0292. The molecule has 0 aliphatic carbocycles. The van der Waals surface area contributed by atoms with Crippen LogP contribution in [0.25, 0.3) is 11.3 Å². The molecule has 0 saturated heterocycles. The van der Waals surface area contributed by atoms with E-state index in [2.05, 4.69) is 26.2 Å². The number of ether oxygens (including phenoxy) is 2. The van der Waals surface area contributed by atoms with E-state index in [0.29, 0.717) is 19.8 Å². The Morgan fingerprint density at radius 3 is 2.90 bits per heavy atom. The Morgan fingerprint density at radius 2 is 2.20 bits per heavy atom. The number of nitrogens with zero attached hydrogens (tertiary/aromatic N) is 3. The molecule has 0 saturated carbocycles. The molecular formula is C13H16BrN3O3. The number of aliphatic hydroxyl groups excluding tert-OH is 1. The predicted octanol–water partition coefficient (Wildman–Crippen LogP) is 1.73. The highest BCUT2D eigenvalue weighted by Crippen LogP contribution is 2.29. The van der Waals surface area contributed by atoms with Crippen LogP contribution in [0.5, 0.6) is 5.75 Å². The summed E-state index contributed by atoms with van der Waals surface area (Å²) in [4.78, 5) is 0. The van der Waals surface area contributed by atoms with Gasteiger partial charge in [0.1, 0.15) is 11.4 Å². The van der Waals surface area contributed by atoms with Crippen LogP contribution in [0.3, 0.4) is 0 Å². The van der Waals surface area contributed by atoms with Gasteiger partial charge in [0.25, 0.3) is 0 Å². The molecule has 1 aromatic heterocycles. The molecule has 2 aromatic rings. The highest BCUT2D eigenvalue weighted by Gasteiger charge is 2.08. The number of aromatic nitrogens is 3. The summed E-state index contributed by atoms with van der Waals surface area (Å²) in [5.74, 6) is 0.783. The van der Waals surface area contributed by atoms with E-state index in [9.17, 15) is 0 Å². The van der Waals surface area contributed by atoms with E-state index in [4.69, 9.17) is 14.6 Å². The maximum absolute atomic E-state index is 8.61. The topological polar surface area (TPSA) is 69.4 Å². The average molecular weight is 342 g/mol. The molecule has 20 heavy (non-hydrogen) atoms. The molecule has 0 radical (unpaired) electrons. The number of aliphatic hydroxyl groups is 1. The van der Waals surface area contributed by atoms with Gasteiger partial charge < -0.3 is 14.6 Å². The molecule has 0 aliphatic rings. The predicted molar refractivity (Wildman–Crippen MR) is 77.6 cm³/mol. The molecule has 2 rings (SSSR count). The van der Waals surface area contributed by atoms with Crippen LogP contribution >= 0.6 is 15.9 Å². The third kappa shape index (κ3) is 3.78. The van der Waals surface area contributed by atoms with Gasteiger partial charge in [-0.15, -0.1) is 5.10 Å². The second-order valence-electron chi connectivity index (χ2n) is 4.05. The first kappa shape index (κ1) is 15.0. The molecule has 0 bridgehead atoms. The molecular weight excluding hydrogens is 326 g/mol. The van der Waals surface area contributed by atoms with Crippen LogP contribution in [0.2, 0.25) is 0 Å². The third-order valence-electron chi connectivity index (χ3n) is 2.69. The number of methoxy groups -OCH3 is 1. The first-order valence-electron chi connectivity index (χ1n) is 6.17. The summed E-state index contributed by atoms with van der Waals surface area (Å²) in [5, 5.41) is 16.8. The Morgan fingerprint density at radius 1 is 1.35 bits per heavy atom. The fraction of sp³-hybridized carbons (Fsp3) is 0.385. The van der Waals surface area contributed by atoms with Gasteiger partial charge in [0.15, 0.2) is 0 Å². The lowest BCUT2D eigenvalue weighted by Gasteiger charge is -2.04. The van der Waals surface area contributed by atoms with Gasteiger partial charge in [-0.05, 0) is 34.1 Å². The van der Waals surface area contributed by atoms with Crippen LogP contribution in [0.1, 0.15) is 0 Å². The Labute approximate surface area is 125 Å². The molecule has 0 spiro atoms. The van der Waals surface area contributed by atoms with Gasteiger partial charge in [-0.25, -0.2) is 4.68 Å². The largest absolute Gasteiger partial charge is 0.497 e. The molecule has 0 amide bonds. The average Bonchev–Trinajstić information content (AvgIpc) is 2.92. The lowest BCUT2D eigenvalue weighted by molar-refractivity contribution is 0.0851. The third-order valence-corrected chi connectivity index (χ3v) is 3.35. The van der Waals surface area contributed by atoms with Gasteiger partial charge in [-0.3, -0.25) is 0 Å². The van der Waals surface area contributed by atoms with Crippen LogP contribution in [0.15, 0.2) is 28.9 Å². The van der Waals surface area contributed by atoms with Crippen LogP contribution in [0, 0.1) is 0 Å². The van der Waals surface area contributed by atoms with Crippen molar-refractivity contribution in [3.8, 4) is 17.0 Å². The van der Waals surface area contributed by atoms with Crippen molar-refractivity contribution < 1.29 is 14.6 Å². The lowest BCUT2D eigenvalue weighted by Crippen LogP contribution is -2.08. The molecule has 0 unspecified atom stereocenters. The molecule has 0 fully saturated rings. The van der Waals surface area contributed by atoms with Crippen molar-refractivity contribution in [3.63, 3.8) is 0 Å². The summed E-state index contributed by atoms with van der Waals surface area (Å²) >= 11 is 3.50. The fourth-order valence-corrected chi connectivity index (χ4v) is 2.25. The van der Waals surface area contributed by atoms with Crippen LogP contribution in [-0.2, 0) is 11.3 Å². The number of hydrogen-bond donors (Lipinski definition) is 1. The van der Waals surface area contributed by atoms with Gasteiger partial charge in [0.2, 0.25) is 0 Å². The van der Waals surface area contributed by atoms with Crippen molar-refractivity contribution in [2.45, 2.75) is 6.54 Å². The van der Waals surface area contributed by atoms with Crippen molar-refractivity contribution in [3.05, 3.63) is 28.9 Å². The summed E-state index contributed by atoms with van der Waals surface area (Å²) in [6.07, 6.45) is 1.86. The molecule has 7 heteroatoms. The zero-order valence-corrected chi connectivity index (χ0v) is 12.7. The quantitative estimate of drug-likeness (QED) is 0.776. The van der Waals surface area contributed by atoms with E-state index in [1.165, 1.54) is 0 Å². The van der Waals surface area contributed by atoms with Crippen LogP contribution in [-0.4, -0.2) is 47.0 Å². The maximum atomic E-state index is 8.61. The SMILES string of the molecule is COc1ccc(-c2cn(CCOCCO)nn2)c(Br)c1. The monoisotopic (exact) mass is 341 g/mol. The zero-order chi connectivity index (χ0) is 14.4. The van der Waals surface area contributed by atoms with Crippen LogP contribution in [0.4, 0.5) is 0 Å². The summed E-state index contributed by atoms with van der Waals surface area (Å²) in [5.41, 5.74) is 1.73. The van der Waals surface area contributed by atoms with Gasteiger partial charge in [-0.2, -0.15) is 0 Å².